The third-order valence-corrected chi connectivity index (χ3v) is 3.58. The molecule has 1 N–H and O–H groups in total. The van der Waals surface area contributed by atoms with Gasteiger partial charge in [-0.1, -0.05) is 0 Å². The largest absolute Gasteiger partial charge is 0.494 e. The number of nitrogens with one attached hydrogen (secondary N) is 1. The highest BCUT2D eigenvalue weighted by molar-refractivity contribution is 9.11. The van der Waals surface area contributed by atoms with Crippen molar-refractivity contribution in [3.05, 3.63) is 26.6 Å². The van der Waals surface area contributed by atoms with E-state index in [0.717, 1.165) is 20.3 Å². The number of ether oxygens (including phenoxy) is 2. The molecule has 0 heterocycles. The van der Waals surface area contributed by atoms with Crippen molar-refractivity contribution < 1.29 is 14.3 Å². The Balaban J connectivity index is 2.44. The lowest BCUT2D eigenvalue weighted by atomic mass is 10.2. The third-order valence-electron chi connectivity index (χ3n) is 2.40. The first kappa shape index (κ1) is 16.5. The summed E-state index contributed by atoms with van der Waals surface area (Å²) in [6.07, 6.45) is 0.381. The van der Waals surface area contributed by atoms with Crippen LogP contribution in [-0.2, 0) is 16.1 Å². The maximum absolute atomic E-state index is 11.2. The number of rotatable bonds is 7. The van der Waals surface area contributed by atoms with Crippen LogP contribution in [0.3, 0.4) is 0 Å². The van der Waals surface area contributed by atoms with Crippen LogP contribution >= 0.6 is 31.9 Å². The Morgan fingerprint density at radius 2 is 1.95 bits per heavy atom. The molecule has 1 rings (SSSR count). The number of hydrogen-bond donors (Lipinski definition) is 1. The molecule has 0 aromatic heterocycles. The van der Waals surface area contributed by atoms with E-state index in [2.05, 4.69) is 37.2 Å². The molecule has 0 radical (unpaired) electrons. The molecule has 1 aromatic carbocycles. The second kappa shape index (κ2) is 8.55. The van der Waals surface area contributed by atoms with E-state index in [1.54, 1.807) is 14.0 Å². The fraction of sp³-hybridized carbons (Fsp3) is 0.462. The predicted molar refractivity (Wildman–Crippen MR) is 81.4 cm³/mol. The number of halogens is 2. The van der Waals surface area contributed by atoms with Gasteiger partial charge >= 0.3 is 5.97 Å². The average molecular weight is 395 g/mol. The molecule has 0 aliphatic rings. The second-order valence-electron chi connectivity index (χ2n) is 3.82. The van der Waals surface area contributed by atoms with E-state index in [1.807, 2.05) is 12.1 Å². The molecule has 0 aliphatic carbocycles. The molecule has 0 bridgehead atoms. The van der Waals surface area contributed by atoms with Crippen molar-refractivity contribution in [2.75, 3.05) is 20.3 Å². The summed E-state index contributed by atoms with van der Waals surface area (Å²) in [5.41, 5.74) is 1.10. The zero-order chi connectivity index (χ0) is 14.3. The van der Waals surface area contributed by atoms with Gasteiger partial charge < -0.3 is 14.8 Å². The molecule has 0 unspecified atom stereocenters. The van der Waals surface area contributed by atoms with Gasteiger partial charge in [0.15, 0.2) is 0 Å². The van der Waals surface area contributed by atoms with Gasteiger partial charge in [-0.05, 0) is 56.5 Å². The van der Waals surface area contributed by atoms with Gasteiger partial charge in [-0.25, -0.2) is 0 Å². The van der Waals surface area contributed by atoms with Gasteiger partial charge in [-0.15, -0.1) is 0 Å². The predicted octanol–water partition coefficient (Wildman–Crippen LogP) is 3.26. The molecule has 6 heteroatoms. The minimum absolute atomic E-state index is 0.174. The fourth-order valence-corrected chi connectivity index (χ4v) is 3.17. The summed E-state index contributed by atoms with van der Waals surface area (Å²) in [5, 5.41) is 3.20. The number of carbonyl (C=O) groups is 1. The number of methoxy groups -OCH3 is 1. The van der Waals surface area contributed by atoms with Gasteiger partial charge in [0.2, 0.25) is 0 Å². The van der Waals surface area contributed by atoms with Crippen molar-refractivity contribution in [2.45, 2.75) is 19.9 Å². The molecule has 4 nitrogen and oxygen atoms in total. The molecule has 19 heavy (non-hydrogen) atoms. The Bertz CT molecular complexity index is 415. The highest BCUT2D eigenvalue weighted by Gasteiger charge is 2.07. The van der Waals surface area contributed by atoms with Crippen molar-refractivity contribution in [3.8, 4) is 5.75 Å². The lowest BCUT2D eigenvalue weighted by molar-refractivity contribution is -0.142. The standard InChI is InChI=1S/C13H17Br2NO3/c1-3-19-12(17)4-5-16-8-9-6-10(14)13(18-2)11(15)7-9/h6-7,16H,3-5,8H2,1-2H3. The zero-order valence-corrected chi connectivity index (χ0v) is 14.1. The van der Waals surface area contributed by atoms with E-state index in [9.17, 15) is 4.79 Å². The second-order valence-corrected chi connectivity index (χ2v) is 5.53. The van der Waals surface area contributed by atoms with E-state index in [1.165, 1.54) is 0 Å². The van der Waals surface area contributed by atoms with Crippen molar-refractivity contribution >= 4 is 37.8 Å². The summed E-state index contributed by atoms with van der Waals surface area (Å²) in [7, 11) is 1.63. The van der Waals surface area contributed by atoms with Gasteiger partial charge in [0, 0.05) is 13.1 Å². The summed E-state index contributed by atoms with van der Waals surface area (Å²) < 4.78 is 11.9. The van der Waals surface area contributed by atoms with E-state index in [-0.39, 0.29) is 5.97 Å². The van der Waals surface area contributed by atoms with Gasteiger partial charge in [-0.2, -0.15) is 0 Å². The van der Waals surface area contributed by atoms with Crippen LogP contribution in [0.4, 0.5) is 0 Å². The molecule has 0 fully saturated rings. The summed E-state index contributed by atoms with van der Waals surface area (Å²) in [6.45, 7) is 3.51. The Morgan fingerprint density at radius 1 is 1.32 bits per heavy atom. The fourth-order valence-electron chi connectivity index (χ4n) is 1.57. The third kappa shape index (κ3) is 5.50. The number of hydrogen-bond acceptors (Lipinski definition) is 4. The van der Waals surface area contributed by atoms with Crippen LogP contribution in [0.2, 0.25) is 0 Å². The molecule has 0 saturated carbocycles. The van der Waals surface area contributed by atoms with Crippen LogP contribution in [0, 0.1) is 0 Å². The van der Waals surface area contributed by atoms with Crippen LogP contribution in [0.1, 0.15) is 18.9 Å². The van der Waals surface area contributed by atoms with Gasteiger partial charge in [0.25, 0.3) is 0 Å². The van der Waals surface area contributed by atoms with Crippen molar-refractivity contribution in [1.29, 1.82) is 0 Å². The Labute approximate surface area is 130 Å². The van der Waals surface area contributed by atoms with Crippen LogP contribution < -0.4 is 10.1 Å². The molecular weight excluding hydrogens is 378 g/mol. The zero-order valence-electron chi connectivity index (χ0n) is 11.0. The van der Waals surface area contributed by atoms with Crippen molar-refractivity contribution in [1.82, 2.24) is 5.32 Å². The lowest BCUT2D eigenvalue weighted by Crippen LogP contribution is -2.19. The molecule has 0 amide bonds. The molecule has 106 valence electrons. The first-order chi connectivity index (χ1) is 9.08. The van der Waals surface area contributed by atoms with E-state index in [0.29, 0.717) is 26.1 Å². The lowest BCUT2D eigenvalue weighted by Gasteiger charge is -2.10. The summed E-state index contributed by atoms with van der Waals surface area (Å²) in [5.74, 6) is 0.599. The summed E-state index contributed by atoms with van der Waals surface area (Å²) in [6, 6.07) is 3.97. The molecular formula is C13H17Br2NO3. The molecule has 0 aliphatic heterocycles. The minimum atomic E-state index is -0.174. The monoisotopic (exact) mass is 393 g/mol. The average Bonchev–Trinajstić information content (AvgIpc) is 2.35. The molecule has 0 saturated heterocycles. The Morgan fingerprint density at radius 3 is 2.47 bits per heavy atom. The van der Waals surface area contributed by atoms with Crippen molar-refractivity contribution in [3.63, 3.8) is 0 Å². The van der Waals surface area contributed by atoms with Gasteiger partial charge in [0.05, 0.1) is 29.1 Å². The Hall–Kier alpha value is -0.590. The van der Waals surface area contributed by atoms with Gasteiger partial charge in [-0.3, -0.25) is 4.79 Å². The molecule has 0 atom stereocenters. The molecule has 1 aromatic rings. The van der Waals surface area contributed by atoms with Crippen LogP contribution in [0.5, 0.6) is 5.75 Å². The highest BCUT2D eigenvalue weighted by Crippen LogP contribution is 2.34. The summed E-state index contributed by atoms with van der Waals surface area (Å²) in [4.78, 5) is 11.2. The van der Waals surface area contributed by atoms with Gasteiger partial charge in [0.1, 0.15) is 5.75 Å². The number of esters is 1. The quantitative estimate of drug-likeness (QED) is 0.569. The van der Waals surface area contributed by atoms with Crippen molar-refractivity contribution in [2.24, 2.45) is 0 Å². The van der Waals surface area contributed by atoms with E-state index >= 15 is 0 Å². The first-order valence-corrected chi connectivity index (χ1v) is 7.55. The van der Waals surface area contributed by atoms with E-state index < -0.39 is 0 Å². The molecule has 0 spiro atoms. The summed E-state index contributed by atoms with van der Waals surface area (Å²) >= 11 is 6.91. The highest BCUT2D eigenvalue weighted by atomic mass is 79.9. The number of carbonyl (C=O) groups excluding carboxylic acids is 1. The minimum Gasteiger partial charge on any atom is -0.494 e. The van der Waals surface area contributed by atoms with E-state index in [4.69, 9.17) is 9.47 Å². The maximum Gasteiger partial charge on any atom is 0.307 e. The topological polar surface area (TPSA) is 47.6 Å². The Kier molecular flexibility index (Phi) is 7.41. The first-order valence-electron chi connectivity index (χ1n) is 5.96. The smallest absolute Gasteiger partial charge is 0.307 e. The van der Waals surface area contributed by atoms with Crippen LogP contribution in [0.25, 0.3) is 0 Å². The normalized spacial score (nSPS) is 10.3. The van der Waals surface area contributed by atoms with Crippen LogP contribution in [0.15, 0.2) is 21.1 Å². The van der Waals surface area contributed by atoms with Crippen LogP contribution in [-0.4, -0.2) is 26.2 Å². The maximum atomic E-state index is 11.2. The number of benzene rings is 1. The SMILES string of the molecule is CCOC(=O)CCNCc1cc(Br)c(OC)c(Br)c1.